The molecule has 1 amide bonds. The van der Waals surface area contributed by atoms with E-state index < -0.39 is 29.3 Å². The van der Waals surface area contributed by atoms with E-state index in [1.54, 1.807) is 20.8 Å². The van der Waals surface area contributed by atoms with Crippen LogP contribution in [0.4, 0.5) is 18.0 Å². The lowest BCUT2D eigenvalue weighted by Gasteiger charge is -2.20. The van der Waals surface area contributed by atoms with Gasteiger partial charge in [0.25, 0.3) is 0 Å². The number of hydrogen-bond acceptors (Lipinski definition) is 4. The van der Waals surface area contributed by atoms with Gasteiger partial charge in [0.15, 0.2) is 11.6 Å². The monoisotopic (exact) mass is 394 g/mol. The first-order chi connectivity index (χ1) is 13.1. The van der Waals surface area contributed by atoms with Crippen molar-refractivity contribution in [1.82, 2.24) is 10.3 Å². The third-order valence-corrected chi connectivity index (χ3v) is 4.14. The van der Waals surface area contributed by atoms with E-state index in [2.05, 4.69) is 10.3 Å². The maximum atomic E-state index is 14.3. The van der Waals surface area contributed by atoms with E-state index in [9.17, 15) is 18.0 Å². The number of benzene rings is 1. The summed E-state index contributed by atoms with van der Waals surface area (Å²) in [6, 6.07) is 4.54. The van der Waals surface area contributed by atoms with E-state index in [-0.39, 0.29) is 35.4 Å². The maximum Gasteiger partial charge on any atom is 0.407 e. The molecular weight excluding hydrogens is 373 g/mol. The summed E-state index contributed by atoms with van der Waals surface area (Å²) in [5, 5.41) is 2.68. The van der Waals surface area contributed by atoms with E-state index in [0.717, 1.165) is 0 Å². The SMILES string of the molecule is CC(C)(C)OC(=O)NC1CC1c1cc(F)cc(F)c1OCc1cccnc1F. The molecule has 1 aromatic heterocycles. The third-order valence-electron chi connectivity index (χ3n) is 4.14. The number of aromatic nitrogens is 1. The predicted molar refractivity (Wildman–Crippen MR) is 95.4 cm³/mol. The highest BCUT2D eigenvalue weighted by Crippen LogP contribution is 2.46. The second-order valence-electron chi connectivity index (χ2n) is 7.64. The number of carbonyl (C=O) groups excluding carboxylic acids is 1. The molecule has 8 heteroatoms. The zero-order chi connectivity index (χ0) is 20.5. The summed E-state index contributed by atoms with van der Waals surface area (Å²) in [6.45, 7) is 4.96. The summed E-state index contributed by atoms with van der Waals surface area (Å²) in [5.41, 5.74) is -0.221. The van der Waals surface area contributed by atoms with Gasteiger partial charge in [0, 0.05) is 35.3 Å². The Morgan fingerprint density at radius 3 is 2.71 bits per heavy atom. The van der Waals surface area contributed by atoms with Crippen molar-refractivity contribution in [2.75, 3.05) is 0 Å². The Morgan fingerprint density at radius 1 is 1.29 bits per heavy atom. The molecule has 2 atom stereocenters. The first kappa shape index (κ1) is 20.0. The summed E-state index contributed by atoms with van der Waals surface area (Å²) >= 11 is 0. The van der Waals surface area contributed by atoms with Gasteiger partial charge in [-0.05, 0) is 45.4 Å². The van der Waals surface area contributed by atoms with Crippen LogP contribution in [0.1, 0.15) is 44.2 Å². The minimum Gasteiger partial charge on any atom is -0.485 e. The Morgan fingerprint density at radius 2 is 2.04 bits per heavy atom. The van der Waals surface area contributed by atoms with Gasteiger partial charge >= 0.3 is 6.09 Å². The highest BCUT2D eigenvalue weighted by atomic mass is 19.1. The van der Waals surface area contributed by atoms with Crippen LogP contribution in [-0.2, 0) is 11.3 Å². The van der Waals surface area contributed by atoms with Crippen LogP contribution in [0.5, 0.6) is 5.75 Å². The Bertz CT molecular complexity index is 883. The molecule has 0 aliphatic heterocycles. The molecule has 3 rings (SSSR count). The number of amides is 1. The summed E-state index contributed by atoms with van der Waals surface area (Å²) in [6.07, 6.45) is 1.18. The van der Waals surface area contributed by atoms with Crippen LogP contribution in [-0.4, -0.2) is 22.7 Å². The molecule has 0 radical (unpaired) electrons. The lowest BCUT2D eigenvalue weighted by atomic mass is 10.1. The second-order valence-corrected chi connectivity index (χ2v) is 7.64. The molecule has 1 aliphatic rings. The van der Waals surface area contributed by atoms with Crippen molar-refractivity contribution in [3.8, 4) is 5.75 Å². The Balaban J connectivity index is 1.73. The average molecular weight is 394 g/mol. The number of halogens is 3. The fourth-order valence-electron chi connectivity index (χ4n) is 2.84. The maximum absolute atomic E-state index is 14.3. The number of ether oxygens (including phenoxy) is 2. The average Bonchev–Trinajstić information content (AvgIpc) is 3.31. The molecule has 0 saturated heterocycles. The molecular formula is C20H21F3N2O3. The molecule has 5 nitrogen and oxygen atoms in total. The molecule has 150 valence electrons. The van der Waals surface area contributed by atoms with Crippen LogP contribution in [0, 0.1) is 17.6 Å². The molecule has 28 heavy (non-hydrogen) atoms. The van der Waals surface area contributed by atoms with Gasteiger partial charge in [0.1, 0.15) is 18.0 Å². The standard InChI is InChI=1S/C20H21F3N2O3/c1-20(2,3)28-19(26)25-16-9-13(16)14-7-12(21)8-15(22)17(14)27-10-11-5-4-6-24-18(11)23/h4-8,13,16H,9-10H2,1-3H3,(H,25,26). The van der Waals surface area contributed by atoms with E-state index in [4.69, 9.17) is 9.47 Å². The minimum atomic E-state index is -0.887. The van der Waals surface area contributed by atoms with Crippen molar-refractivity contribution in [2.45, 2.75) is 51.4 Å². The largest absolute Gasteiger partial charge is 0.485 e. The van der Waals surface area contributed by atoms with Gasteiger partial charge in [0.05, 0.1) is 0 Å². The van der Waals surface area contributed by atoms with Crippen molar-refractivity contribution in [3.63, 3.8) is 0 Å². The third kappa shape index (κ3) is 4.94. The molecule has 0 spiro atoms. The molecule has 1 N–H and O–H groups in total. The smallest absolute Gasteiger partial charge is 0.407 e. The van der Waals surface area contributed by atoms with Gasteiger partial charge < -0.3 is 14.8 Å². The summed E-state index contributed by atoms with van der Waals surface area (Å²) < 4.78 is 52.4. The van der Waals surface area contributed by atoms with Gasteiger partial charge in [-0.15, -0.1) is 0 Å². The Kier molecular flexibility index (Phi) is 5.49. The zero-order valence-corrected chi connectivity index (χ0v) is 15.8. The van der Waals surface area contributed by atoms with Crippen LogP contribution in [0.25, 0.3) is 0 Å². The van der Waals surface area contributed by atoms with E-state index >= 15 is 0 Å². The topological polar surface area (TPSA) is 60.5 Å². The first-order valence-electron chi connectivity index (χ1n) is 8.84. The molecule has 2 aromatic rings. The first-order valence-corrected chi connectivity index (χ1v) is 8.84. The number of rotatable bonds is 5. The Labute approximate surface area is 160 Å². The van der Waals surface area contributed by atoms with Gasteiger partial charge in [-0.2, -0.15) is 4.39 Å². The molecule has 1 aliphatic carbocycles. The highest BCUT2D eigenvalue weighted by Gasteiger charge is 2.43. The van der Waals surface area contributed by atoms with Crippen molar-refractivity contribution < 1.29 is 27.4 Å². The highest BCUT2D eigenvalue weighted by molar-refractivity contribution is 5.69. The predicted octanol–water partition coefficient (Wildman–Crippen LogP) is 4.46. The summed E-state index contributed by atoms with van der Waals surface area (Å²) in [4.78, 5) is 15.4. The summed E-state index contributed by atoms with van der Waals surface area (Å²) in [5.74, 6) is -2.85. The quantitative estimate of drug-likeness (QED) is 0.761. The number of nitrogens with one attached hydrogen (secondary N) is 1. The van der Waals surface area contributed by atoms with Crippen LogP contribution in [0.3, 0.4) is 0 Å². The number of pyridine rings is 1. The molecule has 2 unspecified atom stereocenters. The zero-order valence-electron chi connectivity index (χ0n) is 15.8. The van der Waals surface area contributed by atoms with E-state index in [1.807, 2.05) is 0 Å². The minimum absolute atomic E-state index is 0.149. The lowest BCUT2D eigenvalue weighted by molar-refractivity contribution is 0.0522. The van der Waals surface area contributed by atoms with Crippen molar-refractivity contribution in [3.05, 3.63) is 59.2 Å². The van der Waals surface area contributed by atoms with Gasteiger partial charge in [-0.25, -0.2) is 18.6 Å². The number of carbonyl (C=O) groups is 1. The van der Waals surface area contributed by atoms with Crippen molar-refractivity contribution >= 4 is 6.09 Å². The Hall–Kier alpha value is -2.77. The number of nitrogens with zero attached hydrogens (tertiary/aromatic N) is 1. The van der Waals surface area contributed by atoms with Gasteiger partial charge in [-0.3, -0.25) is 0 Å². The summed E-state index contributed by atoms with van der Waals surface area (Å²) in [7, 11) is 0. The van der Waals surface area contributed by atoms with Crippen LogP contribution < -0.4 is 10.1 Å². The molecule has 0 bridgehead atoms. The van der Waals surface area contributed by atoms with Crippen LogP contribution >= 0.6 is 0 Å². The number of alkyl carbamates (subject to hydrolysis) is 1. The van der Waals surface area contributed by atoms with Crippen LogP contribution in [0.15, 0.2) is 30.5 Å². The van der Waals surface area contributed by atoms with Crippen molar-refractivity contribution in [2.24, 2.45) is 0 Å². The lowest BCUT2D eigenvalue weighted by Crippen LogP contribution is -2.34. The van der Waals surface area contributed by atoms with Gasteiger partial charge in [0.2, 0.25) is 5.95 Å². The van der Waals surface area contributed by atoms with E-state index in [1.165, 1.54) is 24.4 Å². The normalized spacial score (nSPS) is 18.5. The van der Waals surface area contributed by atoms with E-state index in [0.29, 0.717) is 12.5 Å². The fourth-order valence-corrected chi connectivity index (χ4v) is 2.84. The van der Waals surface area contributed by atoms with Crippen LogP contribution in [0.2, 0.25) is 0 Å². The molecule has 1 heterocycles. The van der Waals surface area contributed by atoms with Gasteiger partial charge in [-0.1, -0.05) is 0 Å². The molecule has 1 fully saturated rings. The molecule has 1 aromatic carbocycles. The van der Waals surface area contributed by atoms with Crippen molar-refractivity contribution in [1.29, 1.82) is 0 Å². The number of hydrogen-bond donors (Lipinski definition) is 1. The fraction of sp³-hybridized carbons (Fsp3) is 0.400. The second kappa shape index (κ2) is 7.69. The molecule has 1 saturated carbocycles.